The van der Waals surface area contributed by atoms with Crippen LogP contribution in [-0.2, 0) is 0 Å². The lowest BCUT2D eigenvalue weighted by molar-refractivity contribution is 0.0993. The molecule has 1 aromatic heterocycles. The van der Waals surface area contributed by atoms with Crippen LogP contribution in [0.1, 0.15) is 10.5 Å². The van der Waals surface area contributed by atoms with Crippen molar-refractivity contribution in [1.29, 1.82) is 0 Å². The largest absolute Gasteiger partial charge is 0.505 e. The van der Waals surface area contributed by atoms with Gasteiger partial charge >= 0.3 is 0 Å². The molecule has 0 unspecified atom stereocenters. The van der Waals surface area contributed by atoms with E-state index in [-0.39, 0.29) is 11.4 Å². The summed E-state index contributed by atoms with van der Waals surface area (Å²) in [5.74, 6) is -0.909. The number of nitrogens with zero attached hydrogens (tertiary/aromatic N) is 1. The number of primary amides is 1. The van der Waals surface area contributed by atoms with Crippen LogP contribution < -0.4 is 5.73 Å². The Hall–Kier alpha value is -1.58. The Morgan fingerprint density at radius 2 is 2.40 bits per heavy atom. The maximum Gasteiger partial charge on any atom is 0.271 e. The molecule has 1 heterocycles. The Morgan fingerprint density at radius 3 is 2.80 bits per heavy atom. The van der Waals surface area contributed by atoms with E-state index in [1.54, 1.807) is 0 Å². The first-order valence-electron chi connectivity index (χ1n) is 2.65. The Balaban J connectivity index is 3.15. The summed E-state index contributed by atoms with van der Waals surface area (Å²) < 4.78 is 0. The van der Waals surface area contributed by atoms with Crippen LogP contribution in [-0.4, -0.2) is 16.0 Å². The first-order chi connectivity index (χ1) is 4.72. The van der Waals surface area contributed by atoms with Crippen LogP contribution in [0.25, 0.3) is 0 Å². The number of carbonyl (C=O) groups is 1. The maximum atomic E-state index is 10.4. The van der Waals surface area contributed by atoms with E-state index in [0.717, 1.165) is 0 Å². The molecule has 1 rings (SSSR count). The number of hydrogen-bond acceptors (Lipinski definition) is 3. The highest BCUT2D eigenvalue weighted by Gasteiger charge is 2.05. The van der Waals surface area contributed by atoms with Gasteiger partial charge in [0.25, 0.3) is 5.91 Å². The number of carbonyl (C=O) groups excluding carboxylic acids is 1. The van der Waals surface area contributed by atoms with Crippen LogP contribution >= 0.6 is 0 Å². The van der Waals surface area contributed by atoms with E-state index in [1.165, 1.54) is 18.3 Å². The molecule has 0 radical (unpaired) electrons. The minimum Gasteiger partial charge on any atom is -0.505 e. The van der Waals surface area contributed by atoms with Crippen molar-refractivity contribution >= 4 is 5.91 Å². The highest BCUT2D eigenvalue weighted by molar-refractivity contribution is 5.93. The van der Waals surface area contributed by atoms with E-state index in [2.05, 4.69) is 4.98 Å². The molecule has 52 valence electrons. The lowest BCUT2D eigenvalue weighted by Gasteiger charge is -1.94. The zero-order valence-corrected chi connectivity index (χ0v) is 5.11. The van der Waals surface area contributed by atoms with Gasteiger partial charge in [-0.05, 0) is 12.1 Å². The molecule has 10 heavy (non-hydrogen) atoms. The van der Waals surface area contributed by atoms with Gasteiger partial charge < -0.3 is 10.8 Å². The van der Waals surface area contributed by atoms with Crippen molar-refractivity contribution in [2.45, 2.75) is 0 Å². The van der Waals surface area contributed by atoms with Gasteiger partial charge in [-0.25, -0.2) is 4.98 Å². The predicted molar refractivity (Wildman–Crippen MR) is 34.4 cm³/mol. The molecule has 1 amide bonds. The molecule has 0 saturated heterocycles. The molecule has 0 saturated carbocycles. The zero-order valence-electron chi connectivity index (χ0n) is 5.11. The monoisotopic (exact) mass is 138 g/mol. The topological polar surface area (TPSA) is 76.2 Å². The van der Waals surface area contributed by atoms with E-state index in [4.69, 9.17) is 10.8 Å². The first kappa shape index (κ1) is 6.54. The summed E-state index contributed by atoms with van der Waals surface area (Å²) in [4.78, 5) is 14.0. The zero-order chi connectivity index (χ0) is 7.56. The lowest BCUT2D eigenvalue weighted by Crippen LogP contribution is -2.12. The summed E-state index contributed by atoms with van der Waals surface area (Å²) >= 11 is 0. The molecule has 0 aliphatic heterocycles. The van der Waals surface area contributed by atoms with Crippen LogP contribution in [0.2, 0.25) is 0 Å². The maximum absolute atomic E-state index is 10.4. The smallest absolute Gasteiger partial charge is 0.271 e. The number of aromatic nitrogens is 1. The highest BCUT2D eigenvalue weighted by Crippen LogP contribution is 2.10. The van der Waals surface area contributed by atoms with Gasteiger partial charge in [0.2, 0.25) is 0 Å². The van der Waals surface area contributed by atoms with Crippen LogP contribution in [0, 0.1) is 0 Å². The predicted octanol–water partition coefficient (Wildman–Crippen LogP) is -0.114. The van der Waals surface area contributed by atoms with Crippen molar-refractivity contribution in [3.05, 3.63) is 24.0 Å². The second-order valence-corrected chi connectivity index (χ2v) is 1.74. The summed E-state index contributed by atoms with van der Waals surface area (Å²) in [5, 5.41) is 8.92. The summed E-state index contributed by atoms with van der Waals surface area (Å²) in [5.41, 5.74) is 4.76. The molecule has 0 spiro atoms. The Kier molecular flexibility index (Phi) is 1.53. The van der Waals surface area contributed by atoms with E-state index in [1.807, 2.05) is 0 Å². The number of aromatic hydroxyl groups is 1. The number of pyridine rings is 1. The number of hydrogen-bond donors (Lipinski definition) is 2. The molecular weight excluding hydrogens is 132 g/mol. The van der Waals surface area contributed by atoms with Crippen LogP contribution in [0.4, 0.5) is 0 Å². The van der Waals surface area contributed by atoms with Crippen molar-refractivity contribution in [2.24, 2.45) is 5.73 Å². The van der Waals surface area contributed by atoms with Gasteiger partial charge in [0.05, 0.1) is 0 Å². The summed E-state index contributed by atoms with van der Waals surface area (Å²) in [6.07, 6.45) is 1.39. The quantitative estimate of drug-likeness (QED) is 0.568. The van der Waals surface area contributed by atoms with Gasteiger partial charge in [0.15, 0.2) is 5.69 Å². The number of nitrogens with two attached hydrogens (primary N) is 1. The minimum absolute atomic E-state index is 0.0949. The average Bonchev–Trinajstić information content (AvgIpc) is 1.88. The normalized spacial score (nSPS) is 9.20. The molecule has 0 bridgehead atoms. The van der Waals surface area contributed by atoms with Crippen molar-refractivity contribution in [3.63, 3.8) is 0 Å². The molecular formula is C6H6N2O2. The fourth-order valence-electron chi connectivity index (χ4n) is 0.587. The number of rotatable bonds is 1. The molecule has 4 nitrogen and oxygen atoms in total. The summed E-state index contributed by atoms with van der Waals surface area (Å²) in [6.45, 7) is 0. The van der Waals surface area contributed by atoms with Crippen LogP contribution in [0.5, 0.6) is 5.75 Å². The van der Waals surface area contributed by atoms with Gasteiger partial charge in [0, 0.05) is 6.20 Å². The molecule has 0 aliphatic carbocycles. The molecule has 0 aliphatic rings. The first-order valence-corrected chi connectivity index (χ1v) is 2.65. The Bertz CT molecular complexity index is 260. The van der Waals surface area contributed by atoms with Gasteiger partial charge in [-0.2, -0.15) is 0 Å². The fourth-order valence-corrected chi connectivity index (χ4v) is 0.587. The molecule has 1 aromatic rings. The highest BCUT2D eigenvalue weighted by atomic mass is 16.3. The third-order valence-electron chi connectivity index (χ3n) is 1.02. The molecule has 4 heteroatoms. The van der Waals surface area contributed by atoms with Crippen molar-refractivity contribution in [1.82, 2.24) is 4.98 Å². The molecule has 0 aromatic carbocycles. The van der Waals surface area contributed by atoms with E-state index < -0.39 is 5.91 Å². The minimum atomic E-state index is -0.724. The van der Waals surface area contributed by atoms with E-state index in [9.17, 15) is 4.79 Å². The third-order valence-corrected chi connectivity index (χ3v) is 1.02. The fraction of sp³-hybridized carbons (Fsp3) is 0. The second-order valence-electron chi connectivity index (χ2n) is 1.74. The molecule has 3 N–H and O–H groups in total. The molecule has 0 atom stereocenters. The van der Waals surface area contributed by atoms with Crippen molar-refractivity contribution < 1.29 is 9.90 Å². The SMILES string of the molecule is NC(=O)c1ncccc1O. The Morgan fingerprint density at radius 1 is 1.70 bits per heavy atom. The second kappa shape index (κ2) is 2.34. The summed E-state index contributed by atoms with van der Waals surface area (Å²) in [7, 11) is 0. The van der Waals surface area contributed by atoms with Crippen LogP contribution in [0.15, 0.2) is 18.3 Å². The van der Waals surface area contributed by atoms with Crippen LogP contribution in [0.3, 0.4) is 0 Å². The number of amides is 1. The van der Waals surface area contributed by atoms with E-state index in [0.29, 0.717) is 0 Å². The third kappa shape index (κ3) is 1.05. The Labute approximate surface area is 57.3 Å². The molecule has 0 fully saturated rings. The van der Waals surface area contributed by atoms with Crippen molar-refractivity contribution in [3.8, 4) is 5.75 Å². The van der Waals surface area contributed by atoms with E-state index >= 15 is 0 Å². The van der Waals surface area contributed by atoms with Gasteiger partial charge in [-0.1, -0.05) is 0 Å². The van der Waals surface area contributed by atoms with Gasteiger partial charge in [-0.15, -0.1) is 0 Å². The standard InChI is InChI=1S/C6H6N2O2/c7-6(10)5-4(9)2-1-3-8-5/h1-3,9H,(H2,7,10). The average molecular weight is 138 g/mol. The van der Waals surface area contributed by atoms with Gasteiger partial charge in [-0.3, -0.25) is 4.79 Å². The lowest BCUT2D eigenvalue weighted by atomic mass is 10.3. The van der Waals surface area contributed by atoms with Gasteiger partial charge in [0.1, 0.15) is 5.75 Å². The van der Waals surface area contributed by atoms with Crippen molar-refractivity contribution in [2.75, 3.05) is 0 Å². The summed E-state index contributed by atoms with van der Waals surface area (Å²) in [6, 6.07) is 2.87.